The largest absolute Gasteiger partial charge is 0.333 e. The minimum absolute atomic E-state index is 0.125. The Bertz CT molecular complexity index is 937. The van der Waals surface area contributed by atoms with Gasteiger partial charge < -0.3 is 4.90 Å². The number of halogens is 2. The maximum Gasteiger partial charge on any atom is 0.274 e. The van der Waals surface area contributed by atoms with E-state index in [2.05, 4.69) is 5.10 Å². The Morgan fingerprint density at radius 2 is 1.81 bits per heavy atom. The number of benzene rings is 2. The van der Waals surface area contributed by atoms with Gasteiger partial charge in [0, 0.05) is 18.3 Å². The Hall–Kier alpha value is -3.02. The topological polar surface area (TPSA) is 38.1 Å². The molecule has 3 aromatic rings. The second-order valence-electron chi connectivity index (χ2n) is 6.18. The monoisotopic (exact) mass is 355 g/mol. The van der Waals surface area contributed by atoms with Crippen LogP contribution in [0.25, 0.3) is 5.69 Å². The first-order chi connectivity index (χ1) is 12.4. The van der Waals surface area contributed by atoms with Gasteiger partial charge in [-0.1, -0.05) is 18.2 Å². The van der Waals surface area contributed by atoms with Gasteiger partial charge in [0.15, 0.2) is 5.69 Å². The maximum atomic E-state index is 14.0. The number of rotatable bonds is 4. The van der Waals surface area contributed by atoms with Gasteiger partial charge >= 0.3 is 0 Å². The summed E-state index contributed by atoms with van der Waals surface area (Å²) in [7, 11) is 1.55. The fourth-order valence-electron chi connectivity index (χ4n) is 2.81. The van der Waals surface area contributed by atoms with E-state index in [0.29, 0.717) is 0 Å². The third kappa shape index (κ3) is 3.35. The van der Waals surface area contributed by atoms with Crippen LogP contribution in [0.2, 0.25) is 0 Å². The van der Waals surface area contributed by atoms with Gasteiger partial charge in [-0.3, -0.25) is 4.79 Å². The summed E-state index contributed by atoms with van der Waals surface area (Å²) in [6.45, 7) is 3.50. The zero-order valence-electron chi connectivity index (χ0n) is 14.8. The van der Waals surface area contributed by atoms with Crippen molar-refractivity contribution in [2.75, 3.05) is 7.05 Å². The summed E-state index contributed by atoms with van der Waals surface area (Å²) in [5, 5.41) is 4.37. The van der Waals surface area contributed by atoms with Gasteiger partial charge in [0.05, 0.1) is 11.7 Å². The van der Waals surface area contributed by atoms with Crippen LogP contribution in [-0.4, -0.2) is 27.6 Å². The summed E-state index contributed by atoms with van der Waals surface area (Å²) in [6, 6.07) is 13.7. The van der Waals surface area contributed by atoms with E-state index in [1.807, 2.05) is 37.3 Å². The molecule has 2 aromatic carbocycles. The third-order valence-electron chi connectivity index (χ3n) is 4.42. The van der Waals surface area contributed by atoms with Gasteiger partial charge in [0.25, 0.3) is 5.91 Å². The van der Waals surface area contributed by atoms with Gasteiger partial charge in [-0.25, -0.2) is 13.5 Å². The molecule has 0 aliphatic heterocycles. The van der Waals surface area contributed by atoms with Crippen molar-refractivity contribution in [3.05, 3.63) is 83.2 Å². The lowest BCUT2D eigenvalue weighted by atomic mass is 10.1. The first-order valence-corrected chi connectivity index (χ1v) is 8.22. The van der Waals surface area contributed by atoms with Gasteiger partial charge in [0.1, 0.15) is 11.6 Å². The summed E-state index contributed by atoms with van der Waals surface area (Å²) in [4.78, 5) is 14.1. The van der Waals surface area contributed by atoms with E-state index in [-0.39, 0.29) is 17.2 Å². The fraction of sp³-hybridized carbons (Fsp3) is 0.200. The average Bonchev–Trinajstić information content (AvgIpc) is 3.04. The summed E-state index contributed by atoms with van der Waals surface area (Å²) in [6.07, 6.45) is 0. The number of aromatic nitrogens is 2. The minimum atomic E-state index is -0.639. The van der Waals surface area contributed by atoms with Crippen LogP contribution in [0.3, 0.4) is 0 Å². The fourth-order valence-corrected chi connectivity index (χ4v) is 2.81. The zero-order valence-corrected chi connectivity index (χ0v) is 14.8. The number of aryl methyl sites for hydroxylation is 1. The van der Waals surface area contributed by atoms with E-state index in [4.69, 9.17) is 0 Å². The van der Waals surface area contributed by atoms with Crippen molar-refractivity contribution in [2.45, 2.75) is 19.9 Å². The minimum Gasteiger partial charge on any atom is -0.333 e. The van der Waals surface area contributed by atoms with Gasteiger partial charge in [-0.2, -0.15) is 5.10 Å². The van der Waals surface area contributed by atoms with Crippen LogP contribution in [0.1, 0.15) is 34.7 Å². The predicted octanol–water partition coefficient (Wildman–Crippen LogP) is 4.29. The molecule has 0 aliphatic carbocycles. The SMILES string of the molecule is Cc1cc(C(=O)N(C)C(C)c2cc(F)ccc2F)nn1-c1ccccc1. The van der Waals surface area contributed by atoms with E-state index in [1.165, 1.54) is 4.90 Å². The van der Waals surface area contributed by atoms with E-state index < -0.39 is 17.7 Å². The highest BCUT2D eigenvalue weighted by atomic mass is 19.1. The van der Waals surface area contributed by atoms with Crippen molar-refractivity contribution >= 4 is 5.91 Å². The Kier molecular flexibility index (Phi) is 4.84. The molecule has 0 N–H and O–H groups in total. The molecule has 26 heavy (non-hydrogen) atoms. The van der Waals surface area contributed by atoms with E-state index >= 15 is 0 Å². The summed E-state index contributed by atoms with van der Waals surface area (Å²) in [5.74, 6) is -1.46. The van der Waals surface area contributed by atoms with Crippen LogP contribution in [-0.2, 0) is 0 Å². The molecular weight excluding hydrogens is 336 g/mol. The number of nitrogens with zero attached hydrogens (tertiary/aromatic N) is 3. The first kappa shape index (κ1) is 17.8. The predicted molar refractivity (Wildman–Crippen MR) is 95.2 cm³/mol. The normalized spacial score (nSPS) is 12.0. The Balaban J connectivity index is 1.88. The van der Waals surface area contributed by atoms with Gasteiger partial charge in [0.2, 0.25) is 0 Å². The zero-order chi connectivity index (χ0) is 18.8. The van der Waals surface area contributed by atoms with Crippen molar-refractivity contribution < 1.29 is 13.6 Å². The van der Waals surface area contributed by atoms with Crippen molar-refractivity contribution in [3.8, 4) is 5.69 Å². The Morgan fingerprint density at radius 1 is 1.12 bits per heavy atom. The van der Waals surface area contributed by atoms with Crippen LogP contribution in [0.4, 0.5) is 8.78 Å². The number of amides is 1. The molecular formula is C20H19F2N3O. The van der Waals surface area contributed by atoms with Crippen LogP contribution < -0.4 is 0 Å². The number of hydrogen-bond acceptors (Lipinski definition) is 2. The summed E-state index contributed by atoms with van der Waals surface area (Å²) >= 11 is 0. The number of para-hydroxylation sites is 1. The van der Waals surface area contributed by atoms with E-state index in [9.17, 15) is 13.6 Å². The van der Waals surface area contributed by atoms with Crippen LogP contribution in [0.5, 0.6) is 0 Å². The summed E-state index contributed by atoms with van der Waals surface area (Å²) < 4.78 is 29.1. The van der Waals surface area contributed by atoms with Crippen molar-refractivity contribution in [2.24, 2.45) is 0 Å². The lowest BCUT2D eigenvalue weighted by molar-refractivity contribution is 0.0733. The van der Waals surface area contributed by atoms with Crippen LogP contribution in [0, 0.1) is 18.6 Å². The van der Waals surface area contributed by atoms with Crippen LogP contribution >= 0.6 is 0 Å². The highest BCUT2D eigenvalue weighted by Gasteiger charge is 2.24. The van der Waals surface area contributed by atoms with Gasteiger partial charge in [-0.05, 0) is 50.2 Å². The highest BCUT2D eigenvalue weighted by molar-refractivity contribution is 5.92. The first-order valence-electron chi connectivity index (χ1n) is 8.22. The molecule has 1 unspecified atom stereocenters. The average molecular weight is 355 g/mol. The molecule has 1 amide bonds. The molecule has 1 aromatic heterocycles. The number of carbonyl (C=O) groups excluding carboxylic acids is 1. The molecule has 4 nitrogen and oxygen atoms in total. The number of carbonyl (C=O) groups is 1. The maximum absolute atomic E-state index is 14.0. The lowest BCUT2D eigenvalue weighted by Crippen LogP contribution is -2.30. The molecule has 3 rings (SSSR count). The molecule has 0 saturated carbocycles. The standard InChI is InChI=1S/C20H19F2N3O/c1-13-11-19(23-25(13)16-7-5-4-6-8-16)20(26)24(3)14(2)17-12-15(21)9-10-18(17)22/h4-12,14H,1-3H3. The molecule has 0 fully saturated rings. The van der Waals surface area contributed by atoms with Crippen LogP contribution in [0.15, 0.2) is 54.6 Å². The lowest BCUT2D eigenvalue weighted by Gasteiger charge is -2.25. The molecule has 0 radical (unpaired) electrons. The smallest absolute Gasteiger partial charge is 0.274 e. The van der Waals surface area contributed by atoms with E-state index in [1.54, 1.807) is 24.7 Å². The van der Waals surface area contributed by atoms with Crippen molar-refractivity contribution in [1.82, 2.24) is 14.7 Å². The molecule has 0 bridgehead atoms. The molecule has 0 aliphatic rings. The molecule has 1 heterocycles. The molecule has 134 valence electrons. The molecule has 1 atom stereocenters. The highest BCUT2D eigenvalue weighted by Crippen LogP contribution is 2.24. The van der Waals surface area contributed by atoms with Gasteiger partial charge in [-0.15, -0.1) is 0 Å². The van der Waals surface area contributed by atoms with E-state index in [0.717, 1.165) is 29.6 Å². The molecule has 6 heteroatoms. The van der Waals surface area contributed by atoms with Crippen molar-refractivity contribution in [3.63, 3.8) is 0 Å². The molecule has 0 spiro atoms. The number of hydrogen-bond donors (Lipinski definition) is 0. The summed E-state index contributed by atoms with van der Waals surface area (Å²) in [5.41, 5.74) is 2.02. The molecule has 0 saturated heterocycles. The Labute approximate surface area is 150 Å². The quantitative estimate of drug-likeness (QED) is 0.700. The Morgan fingerprint density at radius 3 is 2.50 bits per heavy atom. The second-order valence-corrected chi connectivity index (χ2v) is 6.18. The van der Waals surface area contributed by atoms with Crippen molar-refractivity contribution in [1.29, 1.82) is 0 Å². The third-order valence-corrected chi connectivity index (χ3v) is 4.42. The second kappa shape index (κ2) is 7.07.